The van der Waals surface area contributed by atoms with Gasteiger partial charge < -0.3 is 5.32 Å². The number of hydrogen-bond acceptors (Lipinski definition) is 4. The Morgan fingerprint density at radius 1 is 1.38 bits per heavy atom. The molecule has 1 fully saturated rings. The molecule has 0 radical (unpaired) electrons. The van der Waals surface area contributed by atoms with Gasteiger partial charge in [-0.05, 0) is 25.0 Å². The first-order valence-electron chi connectivity index (χ1n) is 7.29. The summed E-state index contributed by atoms with van der Waals surface area (Å²) in [6.07, 6.45) is 4.35. The molecule has 21 heavy (non-hydrogen) atoms. The lowest BCUT2D eigenvalue weighted by molar-refractivity contribution is 0.559. The molecule has 0 bridgehead atoms. The van der Waals surface area contributed by atoms with E-state index in [-0.39, 0.29) is 5.41 Å². The fourth-order valence-electron chi connectivity index (χ4n) is 2.23. The molecule has 0 aromatic carbocycles. The van der Waals surface area contributed by atoms with Crippen LogP contribution in [0.4, 0.5) is 0 Å². The molecular weight excluding hydrogens is 302 g/mol. The van der Waals surface area contributed by atoms with Crippen LogP contribution in [0.25, 0.3) is 10.7 Å². The van der Waals surface area contributed by atoms with Crippen molar-refractivity contribution in [1.82, 2.24) is 15.3 Å². The van der Waals surface area contributed by atoms with Crippen molar-refractivity contribution < 1.29 is 0 Å². The molecule has 1 aliphatic carbocycles. The quantitative estimate of drug-likeness (QED) is 0.906. The first kappa shape index (κ1) is 14.9. The minimum Gasteiger partial charge on any atom is -0.309 e. The molecule has 2 heterocycles. The Balaban J connectivity index is 1.96. The summed E-state index contributed by atoms with van der Waals surface area (Å²) in [6, 6.07) is 4.41. The summed E-state index contributed by atoms with van der Waals surface area (Å²) in [7, 11) is 0. The third kappa shape index (κ3) is 3.44. The molecule has 112 valence electrons. The van der Waals surface area contributed by atoms with E-state index in [1.807, 2.05) is 12.1 Å². The molecule has 3 nitrogen and oxygen atoms in total. The van der Waals surface area contributed by atoms with E-state index in [9.17, 15) is 0 Å². The largest absolute Gasteiger partial charge is 0.309 e. The van der Waals surface area contributed by atoms with Crippen molar-refractivity contribution in [2.45, 2.75) is 51.6 Å². The van der Waals surface area contributed by atoms with Crippen LogP contribution in [-0.2, 0) is 12.0 Å². The standard InChI is InChI=1S/C16H20ClN3S/c1-16(2,3)14-12(9-19-10-6-7-10)21-15(20-14)13-11(17)5-4-8-18-13/h4-5,8,10,19H,6-7,9H2,1-3H3. The monoisotopic (exact) mass is 321 g/mol. The predicted molar refractivity (Wildman–Crippen MR) is 88.9 cm³/mol. The van der Waals surface area contributed by atoms with Gasteiger partial charge in [0.05, 0.1) is 10.7 Å². The van der Waals surface area contributed by atoms with Crippen LogP contribution >= 0.6 is 22.9 Å². The highest BCUT2D eigenvalue weighted by atomic mass is 35.5. The third-order valence-corrected chi connectivity index (χ3v) is 4.86. The number of nitrogens with zero attached hydrogens (tertiary/aromatic N) is 2. The van der Waals surface area contributed by atoms with Gasteiger partial charge in [-0.25, -0.2) is 4.98 Å². The van der Waals surface area contributed by atoms with Gasteiger partial charge in [-0.2, -0.15) is 0 Å². The van der Waals surface area contributed by atoms with Crippen LogP contribution in [0.1, 0.15) is 44.2 Å². The maximum atomic E-state index is 6.26. The van der Waals surface area contributed by atoms with Gasteiger partial charge in [0.1, 0.15) is 10.7 Å². The van der Waals surface area contributed by atoms with Gasteiger partial charge in [0, 0.05) is 29.1 Å². The van der Waals surface area contributed by atoms with Gasteiger partial charge in [0.2, 0.25) is 0 Å². The molecule has 0 spiro atoms. The van der Waals surface area contributed by atoms with Crippen LogP contribution < -0.4 is 5.32 Å². The minimum atomic E-state index is 0.0244. The van der Waals surface area contributed by atoms with Crippen LogP contribution in [0.15, 0.2) is 18.3 Å². The summed E-state index contributed by atoms with van der Waals surface area (Å²) in [4.78, 5) is 10.5. The number of aromatic nitrogens is 2. The van der Waals surface area contributed by atoms with E-state index in [0.717, 1.165) is 22.9 Å². The minimum absolute atomic E-state index is 0.0244. The Morgan fingerprint density at radius 3 is 2.76 bits per heavy atom. The van der Waals surface area contributed by atoms with E-state index in [0.29, 0.717) is 11.1 Å². The van der Waals surface area contributed by atoms with Gasteiger partial charge in [-0.15, -0.1) is 11.3 Å². The Kier molecular flexibility index (Phi) is 4.04. The van der Waals surface area contributed by atoms with Crippen molar-refractivity contribution >= 4 is 22.9 Å². The molecule has 0 amide bonds. The summed E-state index contributed by atoms with van der Waals surface area (Å²) in [5, 5.41) is 5.16. The number of hydrogen-bond donors (Lipinski definition) is 1. The zero-order valence-corrected chi connectivity index (χ0v) is 14.2. The van der Waals surface area contributed by atoms with Crippen molar-refractivity contribution in [3.05, 3.63) is 33.9 Å². The zero-order valence-electron chi connectivity index (χ0n) is 12.6. The number of halogens is 1. The molecule has 2 aromatic heterocycles. The molecule has 3 rings (SSSR count). The van der Waals surface area contributed by atoms with Gasteiger partial charge in [-0.3, -0.25) is 4.98 Å². The molecule has 2 aromatic rings. The van der Waals surface area contributed by atoms with Crippen molar-refractivity contribution in [2.75, 3.05) is 0 Å². The molecule has 1 saturated carbocycles. The fourth-order valence-corrected chi connectivity index (χ4v) is 3.73. The molecule has 0 atom stereocenters. The van der Waals surface area contributed by atoms with E-state index in [1.165, 1.54) is 17.7 Å². The zero-order chi connectivity index (χ0) is 15.0. The summed E-state index contributed by atoms with van der Waals surface area (Å²) >= 11 is 7.96. The highest BCUT2D eigenvalue weighted by Crippen LogP contribution is 2.36. The number of nitrogens with one attached hydrogen (secondary N) is 1. The first-order chi connectivity index (χ1) is 9.95. The van der Waals surface area contributed by atoms with Crippen LogP contribution in [0, 0.1) is 0 Å². The first-order valence-corrected chi connectivity index (χ1v) is 8.49. The average molecular weight is 322 g/mol. The molecule has 0 saturated heterocycles. The topological polar surface area (TPSA) is 37.8 Å². The lowest BCUT2D eigenvalue weighted by Crippen LogP contribution is -2.19. The molecular formula is C16H20ClN3S. The van der Waals surface area contributed by atoms with Crippen molar-refractivity contribution in [2.24, 2.45) is 0 Å². The van der Waals surface area contributed by atoms with Crippen molar-refractivity contribution in [3.8, 4) is 10.7 Å². The van der Waals surface area contributed by atoms with Crippen LogP contribution in [0.2, 0.25) is 5.02 Å². The molecule has 0 aliphatic heterocycles. The Labute approximate surface area is 134 Å². The second-order valence-electron chi connectivity index (χ2n) is 6.53. The van der Waals surface area contributed by atoms with Crippen LogP contribution in [-0.4, -0.2) is 16.0 Å². The second-order valence-corrected chi connectivity index (χ2v) is 8.02. The maximum absolute atomic E-state index is 6.26. The van der Waals surface area contributed by atoms with E-state index in [4.69, 9.17) is 16.6 Å². The van der Waals surface area contributed by atoms with E-state index in [1.54, 1.807) is 17.5 Å². The number of rotatable bonds is 4. The predicted octanol–water partition coefficient (Wildman–Crippen LogP) is 4.41. The molecule has 0 unspecified atom stereocenters. The van der Waals surface area contributed by atoms with Gasteiger partial charge in [0.15, 0.2) is 0 Å². The highest BCUT2D eigenvalue weighted by Gasteiger charge is 2.26. The Morgan fingerprint density at radius 2 is 2.14 bits per heavy atom. The summed E-state index contributed by atoms with van der Waals surface area (Å²) < 4.78 is 0. The molecule has 1 aliphatic rings. The van der Waals surface area contributed by atoms with Crippen LogP contribution in [0.5, 0.6) is 0 Å². The maximum Gasteiger partial charge on any atom is 0.143 e. The van der Waals surface area contributed by atoms with Gasteiger partial charge in [0.25, 0.3) is 0 Å². The lowest BCUT2D eigenvalue weighted by atomic mass is 9.91. The van der Waals surface area contributed by atoms with Gasteiger partial charge >= 0.3 is 0 Å². The fraction of sp³-hybridized carbons (Fsp3) is 0.500. The summed E-state index contributed by atoms with van der Waals surface area (Å²) in [5.74, 6) is 0. The molecule has 1 N–H and O–H groups in total. The van der Waals surface area contributed by atoms with Crippen LogP contribution in [0.3, 0.4) is 0 Å². The number of thiazole rings is 1. The summed E-state index contributed by atoms with van der Waals surface area (Å²) in [6.45, 7) is 7.49. The smallest absolute Gasteiger partial charge is 0.143 e. The third-order valence-electron chi connectivity index (χ3n) is 3.50. The average Bonchev–Trinajstić information content (AvgIpc) is 3.14. The van der Waals surface area contributed by atoms with E-state index < -0.39 is 0 Å². The Bertz CT molecular complexity index is 641. The van der Waals surface area contributed by atoms with E-state index >= 15 is 0 Å². The second kappa shape index (κ2) is 5.67. The lowest BCUT2D eigenvalue weighted by Gasteiger charge is -2.17. The normalized spacial score (nSPS) is 15.4. The molecule has 5 heteroatoms. The SMILES string of the molecule is CC(C)(C)c1nc(-c2ncccc2Cl)sc1CNC1CC1. The Hall–Kier alpha value is -0.970. The van der Waals surface area contributed by atoms with Crippen molar-refractivity contribution in [1.29, 1.82) is 0 Å². The summed E-state index contributed by atoms with van der Waals surface area (Å²) in [5.41, 5.74) is 1.96. The number of pyridine rings is 1. The van der Waals surface area contributed by atoms with Gasteiger partial charge in [-0.1, -0.05) is 32.4 Å². The highest BCUT2D eigenvalue weighted by molar-refractivity contribution is 7.15. The van der Waals surface area contributed by atoms with E-state index in [2.05, 4.69) is 31.1 Å². The van der Waals surface area contributed by atoms with Crippen molar-refractivity contribution in [3.63, 3.8) is 0 Å².